The molecule has 3 nitrogen and oxygen atoms in total. The van der Waals surface area contributed by atoms with E-state index in [0.29, 0.717) is 5.92 Å². The SMILES string of the molecule is COc1cccc(C2CCNc3ccccc32)c1OC. The van der Waals surface area contributed by atoms with Gasteiger partial charge in [0, 0.05) is 23.7 Å². The van der Waals surface area contributed by atoms with Gasteiger partial charge in [-0.05, 0) is 24.1 Å². The zero-order chi connectivity index (χ0) is 13.9. The van der Waals surface area contributed by atoms with Gasteiger partial charge in [-0.15, -0.1) is 0 Å². The van der Waals surface area contributed by atoms with Crippen LogP contribution in [0.3, 0.4) is 0 Å². The maximum atomic E-state index is 5.59. The van der Waals surface area contributed by atoms with Crippen molar-refractivity contribution in [1.82, 2.24) is 0 Å². The largest absolute Gasteiger partial charge is 0.493 e. The Balaban J connectivity index is 2.11. The molecule has 0 spiro atoms. The third-order valence-electron chi connectivity index (χ3n) is 3.89. The first kappa shape index (κ1) is 12.9. The molecule has 3 rings (SSSR count). The molecule has 0 saturated heterocycles. The fraction of sp³-hybridized carbons (Fsp3) is 0.294. The molecule has 0 radical (unpaired) electrons. The van der Waals surface area contributed by atoms with E-state index in [9.17, 15) is 0 Å². The second kappa shape index (κ2) is 5.45. The average molecular weight is 269 g/mol. The average Bonchev–Trinajstić information content (AvgIpc) is 2.53. The third kappa shape index (κ3) is 2.09. The standard InChI is InChI=1S/C17H19NO2/c1-19-16-9-5-7-14(17(16)20-2)12-10-11-18-15-8-4-3-6-13(12)15/h3-9,12,18H,10-11H2,1-2H3. The van der Waals surface area contributed by atoms with E-state index >= 15 is 0 Å². The lowest BCUT2D eigenvalue weighted by Gasteiger charge is -2.28. The number of hydrogen-bond donors (Lipinski definition) is 1. The lowest BCUT2D eigenvalue weighted by atomic mass is 9.84. The number of rotatable bonds is 3. The van der Waals surface area contributed by atoms with E-state index in [1.165, 1.54) is 16.8 Å². The molecule has 0 aromatic heterocycles. The first-order valence-electron chi connectivity index (χ1n) is 6.89. The summed E-state index contributed by atoms with van der Waals surface area (Å²) in [6, 6.07) is 14.6. The Morgan fingerprint density at radius 3 is 2.55 bits per heavy atom. The van der Waals surface area contributed by atoms with Crippen LogP contribution < -0.4 is 14.8 Å². The van der Waals surface area contributed by atoms with Crippen LogP contribution in [0.5, 0.6) is 11.5 Å². The van der Waals surface area contributed by atoms with Crippen molar-refractivity contribution >= 4 is 5.69 Å². The summed E-state index contributed by atoms with van der Waals surface area (Å²) in [6.45, 7) is 0.974. The van der Waals surface area contributed by atoms with Gasteiger partial charge in [-0.25, -0.2) is 0 Å². The Labute approximate surface area is 119 Å². The molecule has 0 fully saturated rings. The van der Waals surface area contributed by atoms with Gasteiger partial charge in [-0.3, -0.25) is 0 Å². The lowest BCUT2D eigenvalue weighted by molar-refractivity contribution is 0.350. The highest BCUT2D eigenvalue weighted by Gasteiger charge is 2.25. The topological polar surface area (TPSA) is 30.5 Å². The first-order chi connectivity index (χ1) is 9.85. The summed E-state index contributed by atoms with van der Waals surface area (Å²) in [4.78, 5) is 0. The van der Waals surface area contributed by atoms with Crippen molar-refractivity contribution in [2.24, 2.45) is 0 Å². The van der Waals surface area contributed by atoms with Crippen LogP contribution in [0.1, 0.15) is 23.5 Å². The Morgan fingerprint density at radius 2 is 1.75 bits per heavy atom. The predicted molar refractivity (Wildman–Crippen MR) is 80.9 cm³/mol. The summed E-state index contributed by atoms with van der Waals surface area (Å²) in [5, 5.41) is 3.46. The highest BCUT2D eigenvalue weighted by molar-refractivity contribution is 5.60. The van der Waals surface area contributed by atoms with Crippen LogP contribution in [0, 0.1) is 0 Å². The fourth-order valence-corrected chi connectivity index (χ4v) is 2.98. The Bertz CT molecular complexity index is 610. The summed E-state index contributed by atoms with van der Waals surface area (Å²) < 4.78 is 11.0. The predicted octanol–water partition coefficient (Wildman–Crippen LogP) is 3.65. The molecule has 0 aliphatic carbocycles. The summed E-state index contributed by atoms with van der Waals surface area (Å²) in [5.74, 6) is 1.98. The molecular formula is C17H19NO2. The fourth-order valence-electron chi connectivity index (χ4n) is 2.98. The molecule has 20 heavy (non-hydrogen) atoms. The Kier molecular flexibility index (Phi) is 3.50. The van der Waals surface area contributed by atoms with Gasteiger partial charge in [0.15, 0.2) is 11.5 Å². The van der Waals surface area contributed by atoms with E-state index in [-0.39, 0.29) is 0 Å². The quantitative estimate of drug-likeness (QED) is 0.922. The van der Waals surface area contributed by atoms with Crippen molar-refractivity contribution in [2.45, 2.75) is 12.3 Å². The molecule has 1 heterocycles. The van der Waals surface area contributed by atoms with Crippen molar-refractivity contribution in [2.75, 3.05) is 26.1 Å². The lowest BCUT2D eigenvalue weighted by Crippen LogP contribution is -2.18. The number of anilines is 1. The van der Waals surface area contributed by atoms with Crippen LogP contribution in [0.15, 0.2) is 42.5 Å². The van der Waals surface area contributed by atoms with Crippen molar-refractivity contribution < 1.29 is 9.47 Å². The molecule has 2 aromatic carbocycles. The van der Waals surface area contributed by atoms with Gasteiger partial charge in [-0.1, -0.05) is 30.3 Å². The molecule has 0 saturated carbocycles. The van der Waals surface area contributed by atoms with Crippen LogP contribution in [0.25, 0.3) is 0 Å². The molecular weight excluding hydrogens is 250 g/mol. The van der Waals surface area contributed by atoms with Gasteiger partial charge in [0.2, 0.25) is 0 Å². The smallest absolute Gasteiger partial charge is 0.164 e. The van der Waals surface area contributed by atoms with Crippen molar-refractivity contribution in [3.63, 3.8) is 0 Å². The number of ether oxygens (including phenoxy) is 2. The highest BCUT2D eigenvalue weighted by Crippen LogP contribution is 2.43. The first-order valence-corrected chi connectivity index (χ1v) is 6.89. The Hall–Kier alpha value is -2.16. The van der Waals surface area contributed by atoms with Crippen LogP contribution in [0.2, 0.25) is 0 Å². The summed E-state index contributed by atoms with van der Waals surface area (Å²) >= 11 is 0. The van der Waals surface area contributed by atoms with Crippen molar-refractivity contribution in [1.29, 1.82) is 0 Å². The Morgan fingerprint density at radius 1 is 0.950 bits per heavy atom. The molecule has 0 bridgehead atoms. The maximum absolute atomic E-state index is 5.59. The van der Waals surface area contributed by atoms with E-state index < -0.39 is 0 Å². The second-order valence-electron chi connectivity index (χ2n) is 4.94. The molecule has 0 amide bonds. The molecule has 1 aliphatic rings. The van der Waals surface area contributed by atoms with Gasteiger partial charge in [0.25, 0.3) is 0 Å². The normalized spacial score (nSPS) is 17.0. The molecule has 2 aromatic rings. The number of hydrogen-bond acceptors (Lipinski definition) is 3. The maximum Gasteiger partial charge on any atom is 0.164 e. The van der Waals surface area contributed by atoms with Gasteiger partial charge in [0.1, 0.15) is 0 Å². The van der Waals surface area contributed by atoms with Crippen LogP contribution >= 0.6 is 0 Å². The zero-order valence-electron chi connectivity index (χ0n) is 11.8. The van der Waals surface area contributed by atoms with Crippen LogP contribution in [-0.4, -0.2) is 20.8 Å². The molecule has 104 valence electrons. The highest BCUT2D eigenvalue weighted by atomic mass is 16.5. The van der Waals surface area contributed by atoms with E-state index in [1.807, 2.05) is 12.1 Å². The van der Waals surface area contributed by atoms with Crippen LogP contribution in [-0.2, 0) is 0 Å². The minimum Gasteiger partial charge on any atom is -0.493 e. The number of para-hydroxylation sites is 2. The number of benzene rings is 2. The molecule has 1 N–H and O–H groups in total. The minimum atomic E-state index is 0.345. The number of fused-ring (bicyclic) bond motifs is 1. The van der Waals surface area contributed by atoms with E-state index in [0.717, 1.165) is 24.5 Å². The summed E-state index contributed by atoms with van der Waals surface area (Å²) in [5.41, 5.74) is 3.74. The molecule has 1 atom stereocenters. The van der Waals surface area contributed by atoms with Gasteiger partial charge in [0.05, 0.1) is 14.2 Å². The number of methoxy groups -OCH3 is 2. The zero-order valence-corrected chi connectivity index (χ0v) is 11.8. The number of nitrogens with one attached hydrogen (secondary N) is 1. The van der Waals surface area contributed by atoms with E-state index in [1.54, 1.807) is 14.2 Å². The van der Waals surface area contributed by atoms with Gasteiger partial charge in [-0.2, -0.15) is 0 Å². The van der Waals surface area contributed by atoms with Crippen molar-refractivity contribution in [3.8, 4) is 11.5 Å². The second-order valence-corrected chi connectivity index (χ2v) is 4.94. The minimum absolute atomic E-state index is 0.345. The molecule has 3 heteroatoms. The summed E-state index contributed by atoms with van der Waals surface area (Å²) in [7, 11) is 3.38. The van der Waals surface area contributed by atoms with Crippen LogP contribution in [0.4, 0.5) is 5.69 Å². The third-order valence-corrected chi connectivity index (χ3v) is 3.89. The molecule has 1 aliphatic heterocycles. The van der Waals surface area contributed by atoms with Crippen molar-refractivity contribution in [3.05, 3.63) is 53.6 Å². The molecule has 1 unspecified atom stereocenters. The van der Waals surface area contributed by atoms with Gasteiger partial charge < -0.3 is 14.8 Å². The van der Waals surface area contributed by atoms with E-state index in [4.69, 9.17) is 9.47 Å². The van der Waals surface area contributed by atoms with E-state index in [2.05, 4.69) is 35.6 Å². The monoisotopic (exact) mass is 269 g/mol. The van der Waals surface area contributed by atoms with Gasteiger partial charge >= 0.3 is 0 Å². The summed E-state index contributed by atoms with van der Waals surface area (Å²) in [6.07, 6.45) is 1.06.